The van der Waals surface area contributed by atoms with E-state index >= 15 is 0 Å². The van der Waals surface area contributed by atoms with Crippen LogP contribution in [0.4, 0.5) is 4.39 Å². The second kappa shape index (κ2) is 9.73. The molecule has 156 valence electrons. The van der Waals surface area contributed by atoms with Crippen molar-refractivity contribution in [2.75, 3.05) is 26.3 Å². The van der Waals surface area contributed by atoms with Gasteiger partial charge in [0.15, 0.2) is 6.61 Å². The van der Waals surface area contributed by atoms with Crippen LogP contribution in [0.1, 0.15) is 16.7 Å². The van der Waals surface area contributed by atoms with Gasteiger partial charge in [0, 0.05) is 13.1 Å². The maximum atomic E-state index is 13.2. The number of thioether (sulfide) groups is 1. The Balaban J connectivity index is 1.45. The number of carbonyl (C=O) groups excluding carboxylic acids is 1. The van der Waals surface area contributed by atoms with E-state index in [1.54, 1.807) is 4.90 Å². The quantitative estimate of drug-likeness (QED) is 0.532. The van der Waals surface area contributed by atoms with Crippen LogP contribution in [0, 0.1) is 5.82 Å². The molecular formula is C21H20FN3O4S. The molecule has 1 aliphatic heterocycles. The minimum atomic E-state index is -0.504. The van der Waals surface area contributed by atoms with Crippen molar-refractivity contribution >= 4 is 17.7 Å². The molecule has 2 aromatic carbocycles. The van der Waals surface area contributed by atoms with Crippen LogP contribution in [0.2, 0.25) is 0 Å². The summed E-state index contributed by atoms with van der Waals surface area (Å²) in [4.78, 5) is 14.9. The van der Waals surface area contributed by atoms with Gasteiger partial charge in [-0.2, -0.15) is 0 Å². The van der Waals surface area contributed by atoms with Gasteiger partial charge >= 0.3 is 0 Å². The standard InChI is InChI=1S/C21H20FN3O4S/c22-16-6-8-17(9-7-16)28-14-18-23-24-21(29-18)30-19(15-4-2-1-3-5-15)20(26)25-10-12-27-13-11-25/h1-9,19H,10-14H2/t19-/m1/s1. The largest absolute Gasteiger partial charge is 0.484 e. The molecule has 9 heteroatoms. The van der Waals surface area contributed by atoms with Crippen molar-refractivity contribution in [3.05, 3.63) is 71.9 Å². The third-order valence-corrected chi connectivity index (χ3v) is 5.57. The molecule has 0 saturated carbocycles. The summed E-state index contributed by atoms with van der Waals surface area (Å²) in [5, 5.41) is 7.81. The molecule has 0 bridgehead atoms. The van der Waals surface area contributed by atoms with Gasteiger partial charge < -0.3 is 18.8 Å². The fourth-order valence-corrected chi connectivity index (χ4v) is 3.94. The number of hydrogen-bond acceptors (Lipinski definition) is 7. The summed E-state index contributed by atoms with van der Waals surface area (Å²) >= 11 is 1.21. The molecule has 0 unspecified atom stereocenters. The fourth-order valence-electron chi connectivity index (χ4n) is 2.96. The topological polar surface area (TPSA) is 77.7 Å². The molecule has 1 saturated heterocycles. The molecule has 30 heavy (non-hydrogen) atoms. The maximum Gasteiger partial charge on any atom is 0.277 e. The summed E-state index contributed by atoms with van der Waals surface area (Å²) in [6.45, 7) is 2.23. The van der Waals surface area contributed by atoms with Gasteiger partial charge in [-0.15, -0.1) is 10.2 Å². The lowest BCUT2D eigenvalue weighted by Crippen LogP contribution is -2.42. The van der Waals surface area contributed by atoms with E-state index in [1.165, 1.54) is 36.0 Å². The van der Waals surface area contributed by atoms with Gasteiger partial charge in [0.1, 0.15) is 16.8 Å². The van der Waals surface area contributed by atoms with Crippen molar-refractivity contribution in [3.8, 4) is 5.75 Å². The first-order valence-corrected chi connectivity index (χ1v) is 10.4. The SMILES string of the molecule is O=C([C@H](Sc1nnc(COc2ccc(F)cc2)o1)c1ccccc1)N1CCOCC1. The lowest BCUT2D eigenvalue weighted by atomic mass is 10.1. The molecule has 4 rings (SSSR count). The first-order chi connectivity index (χ1) is 14.7. The lowest BCUT2D eigenvalue weighted by Gasteiger charge is -2.29. The van der Waals surface area contributed by atoms with Crippen LogP contribution in [-0.2, 0) is 16.1 Å². The molecule has 1 aromatic heterocycles. The minimum Gasteiger partial charge on any atom is -0.484 e. The van der Waals surface area contributed by atoms with E-state index in [0.29, 0.717) is 32.1 Å². The Morgan fingerprint density at radius 1 is 1.10 bits per heavy atom. The van der Waals surface area contributed by atoms with Crippen LogP contribution >= 0.6 is 11.8 Å². The van der Waals surface area contributed by atoms with Gasteiger partial charge in [-0.1, -0.05) is 30.3 Å². The van der Waals surface area contributed by atoms with Crippen LogP contribution in [-0.4, -0.2) is 47.3 Å². The summed E-state index contributed by atoms with van der Waals surface area (Å²) < 4.78 is 29.5. The number of aromatic nitrogens is 2. The first-order valence-electron chi connectivity index (χ1n) is 9.48. The summed E-state index contributed by atoms with van der Waals surface area (Å²) in [5.41, 5.74) is 0.862. The number of morpholine rings is 1. The van der Waals surface area contributed by atoms with Crippen LogP contribution in [0.25, 0.3) is 0 Å². The van der Waals surface area contributed by atoms with Crippen molar-refractivity contribution in [2.45, 2.75) is 17.1 Å². The van der Waals surface area contributed by atoms with E-state index < -0.39 is 5.25 Å². The summed E-state index contributed by atoms with van der Waals surface area (Å²) in [5.74, 6) is 0.411. The predicted octanol–water partition coefficient (Wildman–Crippen LogP) is 3.48. The van der Waals surface area contributed by atoms with Crippen LogP contribution in [0.3, 0.4) is 0 Å². The maximum absolute atomic E-state index is 13.2. The van der Waals surface area contributed by atoms with E-state index in [9.17, 15) is 9.18 Å². The predicted molar refractivity (Wildman–Crippen MR) is 107 cm³/mol. The first kappa shape index (κ1) is 20.4. The minimum absolute atomic E-state index is 0.0168. The third-order valence-electron chi connectivity index (χ3n) is 4.49. The highest BCUT2D eigenvalue weighted by molar-refractivity contribution is 8.00. The normalized spacial score (nSPS) is 15.0. The zero-order valence-corrected chi connectivity index (χ0v) is 16.9. The summed E-state index contributed by atoms with van der Waals surface area (Å²) in [6.07, 6.45) is 0. The zero-order valence-electron chi connectivity index (χ0n) is 16.1. The van der Waals surface area contributed by atoms with E-state index in [0.717, 1.165) is 5.56 Å². The Kier molecular flexibility index (Phi) is 6.60. The van der Waals surface area contributed by atoms with Crippen LogP contribution < -0.4 is 4.74 Å². The smallest absolute Gasteiger partial charge is 0.277 e. The number of ether oxygens (including phenoxy) is 2. The molecule has 1 aliphatic rings. The summed E-state index contributed by atoms with van der Waals surface area (Å²) in [6, 6.07) is 15.2. The van der Waals surface area contributed by atoms with Gasteiger partial charge in [0.2, 0.25) is 5.91 Å². The number of nitrogens with zero attached hydrogens (tertiary/aromatic N) is 3. The molecule has 0 aliphatic carbocycles. The van der Waals surface area contributed by atoms with E-state index in [-0.39, 0.29) is 29.4 Å². The van der Waals surface area contributed by atoms with Crippen LogP contribution in [0.15, 0.2) is 64.2 Å². The second-order valence-electron chi connectivity index (χ2n) is 6.55. The van der Waals surface area contributed by atoms with Crippen molar-refractivity contribution < 1.29 is 23.1 Å². The molecule has 0 radical (unpaired) electrons. The van der Waals surface area contributed by atoms with Crippen LogP contribution in [0.5, 0.6) is 5.75 Å². The molecule has 1 fully saturated rings. The Morgan fingerprint density at radius 2 is 1.83 bits per heavy atom. The van der Waals surface area contributed by atoms with E-state index in [1.807, 2.05) is 30.3 Å². The zero-order chi connectivity index (χ0) is 20.8. The molecule has 2 heterocycles. The Hall–Kier alpha value is -2.91. The highest BCUT2D eigenvalue weighted by Gasteiger charge is 2.30. The Labute approximate surface area is 177 Å². The second-order valence-corrected chi connectivity index (χ2v) is 7.61. The number of amides is 1. The molecule has 1 atom stereocenters. The number of halogens is 1. The number of hydrogen-bond donors (Lipinski definition) is 0. The molecular weight excluding hydrogens is 409 g/mol. The van der Waals surface area contributed by atoms with Gasteiger partial charge in [-0.3, -0.25) is 4.79 Å². The Bertz CT molecular complexity index is 962. The molecule has 1 amide bonds. The van der Waals surface area contributed by atoms with Gasteiger partial charge in [0.05, 0.1) is 13.2 Å². The lowest BCUT2D eigenvalue weighted by molar-refractivity contribution is -0.134. The number of benzene rings is 2. The monoisotopic (exact) mass is 429 g/mol. The molecule has 0 spiro atoms. The van der Waals surface area contributed by atoms with Gasteiger partial charge in [-0.25, -0.2) is 4.39 Å². The van der Waals surface area contributed by atoms with Gasteiger partial charge in [0.25, 0.3) is 11.1 Å². The van der Waals surface area contributed by atoms with Crippen molar-refractivity contribution in [1.29, 1.82) is 0 Å². The fraction of sp³-hybridized carbons (Fsp3) is 0.286. The number of carbonyl (C=O) groups is 1. The van der Waals surface area contributed by atoms with Crippen molar-refractivity contribution in [3.63, 3.8) is 0 Å². The average Bonchev–Trinajstić information content (AvgIpc) is 3.25. The molecule has 0 N–H and O–H groups in total. The highest BCUT2D eigenvalue weighted by Crippen LogP contribution is 2.36. The van der Waals surface area contributed by atoms with Gasteiger partial charge in [-0.05, 0) is 41.6 Å². The number of rotatable bonds is 7. The van der Waals surface area contributed by atoms with E-state index in [4.69, 9.17) is 13.9 Å². The Morgan fingerprint density at radius 3 is 2.57 bits per heavy atom. The average molecular weight is 429 g/mol. The highest BCUT2D eigenvalue weighted by atomic mass is 32.2. The van der Waals surface area contributed by atoms with E-state index in [2.05, 4.69) is 10.2 Å². The summed E-state index contributed by atoms with van der Waals surface area (Å²) in [7, 11) is 0. The third kappa shape index (κ3) is 5.17. The molecule has 3 aromatic rings. The van der Waals surface area contributed by atoms with Crippen molar-refractivity contribution in [1.82, 2.24) is 15.1 Å². The van der Waals surface area contributed by atoms with Crippen molar-refractivity contribution in [2.24, 2.45) is 0 Å². The molecule has 7 nitrogen and oxygen atoms in total.